The summed E-state index contributed by atoms with van der Waals surface area (Å²) in [4.78, 5) is 13.2. The van der Waals surface area contributed by atoms with Crippen LogP contribution in [0.5, 0.6) is 0 Å². The Morgan fingerprint density at radius 1 is 1.47 bits per heavy atom. The highest BCUT2D eigenvalue weighted by Crippen LogP contribution is 2.34. The Bertz CT molecular complexity index is 289. The molecule has 2 bridgehead atoms. The monoisotopic (exact) mass is 248 g/mol. The van der Waals surface area contributed by atoms with E-state index in [1.807, 2.05) is 0 Å². The predicted molar refractivity (Wildman–Crippen MR) is 57.7 cm³/mol. The Hall–Kier alpha value is -0.750. The fraction of sp³-hybridized carbons (Fsp3) is 0.909. The van der Waals surface area contributed by atoms with E-state index >= 15 is 0 Å². The molecule has 0 aromatic carbocycles. The third kappa shape index (κ3) is 2.74. The van der Waals surface area contributed by atoms with Gasteiger partial charge in [0.15, 0.2) is 0 Å². The van der Waals surface area contributed by atoms with E-state index in [0.29, 0.717) is 6.04 Å². The lowest BCUT2D eigenvalue weighted by molar-refractivity contribution is -0.138. The first-order valence-corrected chi connectivity index (χ1v) is 6.05. The molecule has 98 valence electrons. The van der Waals surface area contributed by atoms with Crippen molar-refractivity contribution in [2.75, 3.05) is 19.7 Å². The third-order valence-corrected chi connectivity index (χ3v) is 3.66. The third-order valence-electron chi connectivity index (χ3n) is 3.66. The van der Waals surface area contributed by atoms with Crippen molar-refractivity contribution in [2.24, 2.45) is 5.92 Å². The molecule has 17 heavy (non-hydrogen) atoms. The maximum absolute atomic E-state index is 12.4. The summed E-state index contributed by atoms with van der Waals surface area (Å²) in [6.45, 7) is -0.850. The second-order valence-corrected chi connectivity index (χ2v) is 4.79. The molecular weight excluding hydrogens is 230 g/mol. The fourth-order valence-electron chi connectivity index (χ4n) is 2.91. The van der Waals surface area contributed by atoms with Gasteiger partial charge in [-0.3, -0.25) is 4.79 Å². The fourth-order valence-corrected chi connectivity index (χ4v) is 2.91. The molecule has 3 atom stereocenters. The number of nitrogens with one attached hydrogen (secondary N) is 1. The van der Waals surface area contributed by atoms with Crippen molar-refractivity contribution in [3.8, 4) is 0 Å². The number of hydrogen-bond acceptors (Lipinski definition) is 3. The maximum atomic E-state index is 12.4. The molecule has 0 radical (unpaired) electrons. The number of carbonyl (C=O) groups excluding carboxylic acids is 1. The molecule has 2 fully saturated rings. The van der Waals surface area contributed by atoms with Gasteiger partial charge in [-0.15, -0.1) is 0 Å². The Kier molecular flexibility index (Phi) is 3.93. The van der Waals surface area contributed by atoms with Crippen molar-refractivity contribution in [3.05, 3.63) is 0 Å². The summed E-state index contributed by atoms with van der Waals surface area (Å²) in [5.41, 5.74) is 0. The molecule has 0 saturated carbocycles. The van der Waals surface area contributed by atoms with E-state index < -0.39 is 13.0 Å². The van der Waals surface area contributed by atoms with Gasteiger partial charge in [0.2, 0.25) is 5.91 Å². The number of amides is 1. The number of hydrogen-bond donors (Lipinski definition) is 2. The molecule has 2 aliphatic heterocycles. The molecule has 0 aromatic rings. The number of aliphatic hydroxyl groups excluding tert-OH is 1. The smallest absolute Gasteiger partial charge is 0.255 e. The summed E-state index contributed by atoms with van der Waals surface area (Å²) >= 11 is 0. The van der Waals surface area contributed by atoms with Gasteiger partial charge in [0.05, 0.1) is 19.1 Å². The first-order chi connectivity index (χ1) is 8.11. The molecule has 2 N–H and O–H groups in total. The zero-order valence-corrected chi connectivity index (χ0v) is 9.61. The van der Waals surface area contributed by atoms with Crippen LogP contribution in [0.15, 0.2) is 0 Å². The van der Waals surface area contributed by atoms with Crippen LogP contribution in [0, 0.1) is 5.92 Å². The summed E-state index contributed by atoms with van der Waals surface area (Å²) in [6.07, 6.45) is 0.220. The minimum absolute atomic E-state index is 0.00292. The lowest BCUT2D eigenvalue weighted by Gasteiger charge is -2.28. The van der Waals surface area contributed by atoms with Crippen molar-refractivity contribution < 1.29 is 18.7 Å². The van der Waals surface area contributed by atoms with Crippen LogP contribution in [0.1, 0.15) is 19.3 Å². The minimum Gasteiger partial charge on any atom is -0.395 e. The van der Waals surface area contributed by atoms with Crippen molar-refractivity contribution in [1.82, 2.24) is 10.2 Å². The van der Waals surface area contributed by atoms with Gasteiger partial charge in [-0.2, -0.15) is 0 Å². The van der Waals surface area contributed by atoms with Gasteiger partial charge in [-0.05, 0) is 19.3 Å². The lowest BCUT2D eigenvalue weighted by atomic mass is 9.88. The zero-order chi connectivity index (χ0) is 12.4. The van der Waals surface area contributed by atoms with Crippen molar-refractivity contribution >= 4 is 5.91 Å². The highest BCUT2D eigenvalue weighted by molar-refractivity contribution is 5.80. The zero-order valence-electron chi connectivity index (χ0n) is 9.61. The number of aliphatic hydroxyl groups is 1. The number of halogens is 2. The van der Waals surface area contributed by atoms with Gasteiger partial charge in [0.1, 0.15) is 0 Å². The van der Waals surface area contributed by atoms with E-state index in [0.717, 1.165) is 24.2 Å². The summed E-state index contributed by atoms with van der Waals surface area (Å²) in [5, 5.41) is 12.1. The van der Waals surface area contributed by atoms with E-state index in [9.17, 15) is 13.6 Å². The van der Waals surface area contributed by atoms with E-state index in [4.69, 9.17) is 5.11 Å². The molecule has 0 aliphatic carbocycles. The molecule has 0 spiro atoms. The Labute approximate surface area is 99.0 Å². The van der Waals surface area contributed by atoms with Crippen molar-refractivity contribution in [3.63, 3.8) is 0 Å². The molecule has 4 nitrogen and oxygen atoms in total. The highest BCUT2D eigenvalue weighted by atomic mass is 19.3. The Morgan fingerprint density at radius 2 is 2.24 bits per heavy atom. The first-order valence-electron chi connectivity index (χ1n) is 6.05. The summed E-state index contributed by atoms with van der Waals surface area (Å²) in [5.74, 6) is -0.418. The normalized spacial score (nSPS) is 31.2. The van der Waals surface area contributed by atoms with Crippen LogP contribution in [0.2, 0.25) is 0 Å². The molecule has 3 unspecified atom stereocenters. The topological polar surface area (TPSA) is 52.6 Å². The van der Waals surface area contributed by atoms with Gasteiger partial charge in [0, 0.05) is 18.6 Å². The Morgan fingerprint density at radius 3 is 2.71 bits per heavy atom. The number of alkyl halides is 2. The van der Waals surface area contributed by atoms with Crippen LogP contribution in [0.3, 0.4) is 0 Å². The Balaban J connectivity index is 1.96. The molecule has 2 rings (SSSR count). The number of rotatable bonds is 5. The molecular formula is C11H18F2N2O2. The highest BCUT2D eigenvalue weighted by Gasteiger charge is 2.44. The molecule has 1 amide bonds. The molecule has 2 heterocycles. The van der Waals surface area contributed by atoms with Crippen LogP contribution in [-0.2, 0) is 4.79 Å². The van der Waals surface area contributed by atoms with Crippen LogP contribution < -0.4 is 5.32 Å². The predicted octanol–water partition coefficient (Wildman–Crippen LogP) is 0.213. The summed E-state index contributed by atoms with van der Waals surface area (Å²) in [7, 11) is 0. The largest absolute Gasteiger partial charge is 0.395 e. The second-order valence-electron chi connectivity index (χ2n) is 4.79. The van der Waals surface area contributed by atoms with Crippen LogP contribution in [-0.4, -0.2) is 54.1 Å². The first kappa shape index (κ1) is 12.7. The van der Waals surface area contributed by atoms with Crippen molar-refractivity contribution in [1.29, 1.82) is 0 Å². The SMILES string of the molecule is O=C(C1CC2CCC1N2)N(CCO)CC(F)F. The number of fused-ring (bicyclic) bond motifs is 2. The van der Waals surface area contributed by atoms with E-state index in [1.54, 1.807) is 0 Å². The van der Waals surface area contributed by atoms with Gasteiger partial charge in [0.25, 0.3) is 6.43 Å². The minimum atomic E-state index is -2.54. The van der Waals surface area contributed by atoms with Gasteiger partial charge in [-0.25, -0.2) is 8.78 Å². The van der Waals surface area contributed by atoms with Crippen molar-refractivity contribution in [2.45, 2.75) is 37.8 Å². The quantitative estimate of drug-likeness (QED) is 0.731. The number of nitrogens with zero attached hydrogens (tertiary/aromatic N) is 1. The van der Waals surface area contributed by atoms with Gasteiger partial charge in [-0.1, -0.05) is 0 Å². The lowest BCUT2D eigenvalue weighted by Crippen LogP contribution is -2.44. The summed E-state index contributed by atoms with van der Waals surface area (Å²) in [6, 6.07) is 0.517. The van der Waals surface area contributed by atoms with E-state index in [1.165, 1.54) is 0 Å². The van der Waals surface area contributed by atoms with E-state index in [2.05, 4.69) is 5.32 Å². The van der Waals surface area contributed by atoms with Crippen LogP contribution in [0.4, 0.5) is 8.78 Å². The average molecular weight is 248 g/mol. The van der Waals surface area contributed by atoms with Gasteiger partial charge < -0.3 is 15.3 Å². The maximum Gasteiger partial charge on any atom is 0.255 e. The van der Waals surface area contributed by atoms with E-state index in [-0.39, 0.29) is 31.0 Å². The molecule has 2 saturated heterocycles. The molecule has 2 aliphatic rings. The second kappa shape index (κ2) is 5.27. The number of carbonyl (C=O) groups is 1. The van der Waals surface area contributed by atoms with Crippen LogP contribution >= 0.6 is 0 Å². The average Bonchev–Trinajstić information content (AvgIpc) is 2.88. The summed E-state index contributed by atoms with van der Waals surface area (Å²) < 4.78 is 24.7. The molecule has 0 aromatic heterocycles. The van der Waals surface area contributed by atoms with Gasteiger partial charge >= 0.3 is 0 Å². The molecule has 6 heteroatoms. The standard InChI is InChI=1S/C11H18F2N2O2/c12-10(13)6-15(3-4-16)11(17)8-5-7-1-2-9(8)14-7/h7-10,14,16H,1-6H2. The van der Waals surface area contributed by atoms with Crippen LogP contribution in [0.25, 0.3) is 0 Å².